The quantitative estimate of drug-likeness (QED) is 0.0153. The molecule has 13 heteroatoms. The number of guanidine groups is 1. The van der Waals surface area contributed by atoms with Crippen molar-refractivity contribution in [2.24, 2.45) is 35.3 Å². The molecule has 4 aliphatic carbocycles. The molecule has 2 aliphatic heterocycles. The second kappa shape index (κ2) is 18.5. The molecule has 55 heavy (non-hydrogen) atoms. The van der Waals surface area contributed by atoms with Crippen molar-refractivity contribution in [2.45, 2.75) is 133 Å². The molecule has 4 fully saturated rings. The number of piperidine rings is 1. The Morgan fingerprint density at radius 3 is 2.71 bits per heavy atom. The van der Waals surface area contributed by atoms with Crippen molar-refractivity contribution in [1.29, 1.82) is 0 Å². The predicted molar refractivity (Wildman–Crippen MR) is 208 cm³/mol. The van der Waals surface area contributed by atoms with Crippen LogP contribution >= 0.6 is 0 Å². The summed E-state index contributed by atoms with van der Waals surface area (Å²) in [5, 5.41) is 23.8. The van der Waals surface area contributed by atoms with Gasteiger partial charge in [-0.15, -0.1) is 0 Å². The number of allylic oxidation sites excluding steroid dienone is 3. The molecule has 2 heterocycles. The van der Waals surface area contributed by atoms with E-state index in [1.165, 1.54) is 5.57 Å². The summed E-state index contributed by atoms with van der Waals surface area (Å²) in [5.74, 6) is -0.787. The predicted octanol–water partition coefficient (Wildman–Crippen LogP) is -2.25. The molecule has 12 N–H and O–H groups in total. The van der Waals surface area contributed by atoms with Crippen LogP contribution in [0.25, 0.3) is 0 Å². The van der Waals surface area contributed by atoms with E-state index in [0.717, 1.165) is 70.3 Å². The number of nitrogens with two attached hydrogens (primary N) is 4. The van der Waals surface area contributed by atoms with E-state index in [9.17, 15) is 19.5 Å². The van der Waals surface area contributed by atoms with Gasteiger partial charge in [0.25, 0.3) is 5.60 Å². The molecule has 0 aromatic rings. The Balaban J connectivity index is 1.26. The molecule has 0 aromatic carbocycles. The van der Waals surface area contributed by atoms with E-state index >= 15 is 0 Å². The van der Waals surface area contributed by atoms with Crippen LogP contribution in [-0.4, -0.2) is 105 Å². The fourth-order valence-corrected chi connectivity index (χ4v) is 10.7. The number of nitrogens with one attached hydrogen (secondary N) is 3. The average molecular weight is 770 g/mol. The van der Waals surface area contributed by atoms with Crippen LogP contribution in [-0.2, 0) is 23.9 Å². The molecule has 0 spiro atoms. The number of rotatable bonds is 17. The third kappa shape index (κ3) is 8.67. The number of hydrogen-bond acceptors (Lipinski definition) is 7. The van der Waals surface area contributed by atoms with Gasteiger partial charge in [0.15, 0.2) is 17.2 Å². The highest BCUT2D eigenvalue weighted by atomic mass is 16.7. The highest BCUT2D eigenvalue weighted by Crippen LogP contribution is 2.61. The maximum absolute atomic E-state index is 14.8. The van der Waals surface area contributed by atoms with Crippen molar-refractivity contribution in [1.82, 2.24) is 10.6 Å². The maximum Gasteiger partial charge on any atom is 0.350 e. The zero-order valence-corrected chi connectivity index (χ0v) is 33.8. The molecule has 6 aliphatic rings. The Kier molecular flexibility index (Phi) is 14.1. The van der Waals surface area contributed by atoms with Gasteiger partial charge in [-0.2, -0.15) is 0 Å². The first-order valence-corrected chi connectivity index (χ1v) is 21.5. The fourth-order valence-electron chi connectivity index (χ4n) is 10.7. The van der Waals surface area contributed by atoms with Gasteiger partial charge in [-0.25, -0.2) is 10.1 Å². The number of ketones is 2. The number of quaternary nitrogens is 3. The molecule has 0 bridgehead atoms. The molecule has 0 aromatic heterocycles. The molecule has 4 unspecified atom stereocenters. The summed E-state index contributed by atoms with van der Waals surface area (Å²) in [7, 11) is 3.86. The van der Waals surface area contributed by atoms with Crippen molar-refractivity contribution in [3.8, 4) is 0 Å². The van der Waals surface area contributed by atoms with Gasteiger partial charge in [0.1, 0.15) is 25.0 Å². The number of Topliss-reactive ketones (excluding diaryl/α,β-unsaturated/α-hetero) is 2. The van der Waals surface area contributed by atoms with Gasteiger partial charge in [0.05, 0.1) is 39.1 Å². The summed E-state index contributed by atoms with van der Waals surface area (Å²) in [4.78, 5) is 47.0. The third-order valence-corrected chi connectivity index (χ3v) is 13.7. The van der Waals surface area contributed by atoms with E-state index in [-0.39, 0.29) is 42.6 Å². The molecule has 11 atom stereocenters. The fraction of sp³-hybridized carbons (Fsp3) is 0.762. The summed E-state index contributed by atoms with van der Waals surface area (Å²) in [5.41, 5.74) is 5.20. The van der Waals surface area contributed by atoms with E-state index in [1.807, 2.05) is 6.08 Å². The van der Waals surface area contributed by atoms with Crippen LogP contribution in [0.1, 0.15) is 97.3 Å². The van der Waals surface area contributed by atoms with Crippen LogP contribution in [0.4, 0.5) is 0 Å². The number of fused-ring (bicyclic) bond motifs is 3. The van der Waals surface area contributed by atoms with E-state index < -0.39 is 35.1 Å². The Bertz CT molecular complexity index is 1510. The van der Waals surface area contributed by atoms with Gasteiger partial charge in [-0.1, -0.05) is 36.6 Å². The van der Waals surface area contributed by atoms with E-state index in [1.54, 1.807) is 7.05 Å². The van der Waals surface area contributed by atoms with Crippen LogP contribution in [0, 0.1) is 29.6 Å². The number of likely N-dealkylation sites (N-methyl/N-ethyl adjacent to an activating group) is 1. The van der Waals surface area contributed by atoms with Gasteiger partial charge >= 0.3 is 11.9 Å². The molecule has 2 saturated carbocycles. The minimum Gasteiger partial charge on any atom is -0.459 e. The summed E-state index contributed by atoms with van der Waals surface area (Å²) in [6.45, 7) is 6.91. The Labute approximate surface area is 327 Å². The SMILES string of the molecule is CC[NH2+][C@H]1C=C2C=CCC[C@H]2C[C@H]1[C@H](CCCO)OC(=O)[C@]12O[C@@]1(CC=C(C)C[C@@H](NC(N)=[NH+]C)C1CC[NH2+]C(NC[NH2+]C)C1)C(=O)C1CCCCC1C2=O. The maximum atomic E-state index is 14.8. The summed E-state index contributed by atoms with van der Waals surface area (Å²) in [6.07, 6.45) is 18.4. The first-order valence-electron chi connectivity index (χ1n) is 21.5. The minimum atomic E-state index is -1.93. The molecule has 0 radical (unpaired) electrons. The number of hydrogen-bond donors (Lipinski definition) is 8. The molecule has 2 saturated heterocycles. The van der Waals surface area contributed by atoms with Gasteiger partial charge in [-0.05, 0) is 76.4 Å². The smallest absolute Gasteiger partial charge is 0.350 e. The van der Waals surface area contributed by atoms with Crippen LogP contribution in [0.15, 0.2) is 35.5 Å². The number of epoxide rings is 1. The molecular formula is C42H71N7O6+4. The third-order valence-electron chi connectivity index (χ3n) is 13.7. The number of carbonyl (C=O) groups excluding carboxylic acids is 3. The van der Waals surface area contributed by atoms with Crippen molar-refractivity contribution in [3.05, 3.63) is 35.5 Å². The normalized spacial score (nSPS) is 35.9. The second-order valence-electron chi connectivity index (χ2n) is 17.2. The zero-order valence-electron chi connectivity index (χ0n) is 33.8. The van der Waals surface area contributed by atoms with Crippen LogP contribution < -0.4 is 37.3 Å². The Hall–Kier alpha value is -2.94. The topological polar surface area (TPSA) is 207 Å². The highest BCUT2D eigenvalue weighted by molar-refractivity contribution is 6.23. The van der Waals surface area contributed by atoms with E-state index in [4.69, 9.17) is 15.2 Å². The monoisotopic (exact) mass is 770 g/mol. The van der Waals surface area contributed by atoms with Crippen LogP contribution in [0.5, 0.6) is 0 Å². The highest BCUT2D eigenvalue weighted by Gasteiger charge is 2.87. The van der Waals surface area contributed by atoms with Crippen molar-refractivity contribution in [3.63, 3.8) is 0 Å². The molecular weight excluding hydrogens is 699 g/mol. The van der Waals surface area contributed by atoms with Gasteiger partial charge in [0, 0.05) is 50.0 Å². The molecule has 13 nitrogen and oxygen atoms in total. The number of esters is 1. The minimum absolute atomic E-state index is 0.0118. The lowest BCUT2D eigenvalue weighted by Crippen LogP contribution is -2.98. The lowest BCUT2D eigenvalue weighted by atomic mass is 9.61. The summed E-state index contributed by atoms with van der Waals surface area (Å²) >= 11 is 0. The summed E-state index contributed by atoms with van der Waals surface area (Å²) in [6, 6.07) is 0.152. The molecule has 0 amide bonds. The van der Waals surface area contributed by atoms with Gasteiger partial charge in [0.2, 0.25) is 0 Å². The number of ether oxygens (including phenoxy) is 2. The number of aliphatic hydroxyl groups is 1. The van der Waals surface area contributed by atoms with Crippen molar-refractivity contribution in [2.75, 3.05) is 40.5 Å². The first-order chi connectivity index (χ1) is 26.6. The summed E-state index contributed by atoms with van der Waals surface area (Å²) < 4.78 is 12.9. The van der Waals surface area contributed by atoms with Crippen molar-refractivity contribution >= 4 is 23.5 Å². The standard InChI is InChI=1S/C42H67N7O6/c1-5-46-34-23-28-12-7-6-11-27(28)22-32(34)35(15-10-20-50)54-39(53)42-38(52)31-14-9-8-13-30(31)37(51)41(42,55-42)18-16-26(2)21-33(49-40(43)45-4)29-17-19-47-36(24-29)48-25-44-3/h7,12,16,23,27,29-36,44,46-48,50H,5-6,8-11,13-15,17-22,24-25H2,1-4H3,(H3,43,45,49)/p+4/t27-,29?,30?,31?,32+,33+,34-,35-,36?,41-,42-/m0/s1. The lowest BCUT2D eigenvalue weighted by molar-refractivity contribution is -0.717. The Morgan fingerprint density at radius 2 is 1.98 bits per heavy atom. The van der Waals surface area contributed by atoms with Crippen LogP contribution in [0.3, 0.4) is 0 Å². The largest absolute Gasteiger partial charge is 0.459 e. The zero-order chi connectivity index (χ0) is 39.2. The number of carbonyl (C=O) groups is 3. The van der Waals surface area contributed by atoms with Gasteiger partial charge < -0.3 is 30.5 Å². The first kappa shape index (κ1) is 41.7. The van der Waals surface area contributed by atoms with E-state index in [2.05, 4.69) is 70.7 Å². The number of aliphatic hydroxyl groups excluding tert-OH is 1. The van der Waals surface area contributed by atoms with Crippen LogP contribution in [0.2, 0.25) is 0 Å². The average Bonchev–Trinajstić information content (AvgIpc) is 3.92. The lowest BCUT2D eigenvalue weighted by Gasteiger charge is -2.40. The molecule has 6 rings (SSSR count). The van der Waals surface area contributed by atoms with Crippen molar-refractivity contribution < 1.29 is 49.9 Å². The second-order valence-corrected chi connectivity index (χ2v) is 17.2. The molecule has 306 valence electrons. The Morgan fingerprint density at radius 1 is 1.20 bits per heavy atom. The van der Waals surface area contributed by atoms with E-state index in [0.29, 0.717) is 56.1 Å². The van der Waals surface area contributed by atoms with Gasteiger partial charge in [-0.3, -0.25) is 25.6 Å².